The molecule has 0 bridgehead atoms. The number of carbonyl (C=O) groups excluding carboxylic acids is 2. The van der Waals surface area contributed by atoms with Gasteiger partial charge in [-0.15, -0.1) is 0 Å². The van der Waals surface area contributed by atoms with Gasteiger partial charge in [0.05, 0.1) is 6.04 Å². The normalized spacial score (nSPS) is 19.1. The zero-order chi connectivity index (χ0) is 14.8. The first-order valence-electron chi connectivity index (χ1n) is 7.27. The van der Waals surface area contributed by atoms with E-state index in [4.69, 9.17) is 0 Å². The van der Waals surface area contributed by atoms with Crippen LogP contribution >= 0.6 is 0 Å². The van der Waals surface area contributed by atoms with Crippen LogP contribution in [0.2, 0.25) is 0 Å². The second-order valence-corrected chi connectivity index (χ2v) is 6.71. The second-order valence-electron chi connectivity index (χ2n) is 6.71. The number of likely N-dealkylation sites (tertiary alicyclic amines) is 1. The molecule has 1 unspecified atom stereocenters. The number of ketones is 1. The Bertz CT molecular complexity index is 487. The molecule has 0 N–H and O–H groups in total. The Morgan fingerprint density at radius 2 is 1.85 bits per heavy atom. The SMILES string of the molecule is CC(C)(C)CC(=O)N1CCCC1C(=O)c1ccccc1. The fourth-order valence-electron chi connectivity index (χ4n) is 2.69. The van der Waals surface area contributed by atoms with E-state index < -0.39 is 0 Å². The topological polar surface area (TPSA) is 37.4 Å². The summed E-state index contributed by atoms with van der Waals surface area (Å²) in [6.07, 6.45) is 2.19. The fourth-order valence-corrected chi connectivity index (χ4v) is 2.69. The molecule has 1 saturated heterocycles. The average Bonchev–Trinajstić information content (AvgIpc) is 2.86. The van der Waals surface area contributed by atoms with Gasteiger partial charge in [-0.1, -0.05) is 51.1 Å². The predicted molar refractivity (Wildman–Crippen MR) is 79.6 cm³/mol. The van der Waals surface area contributed by atoms with Gasteiger partial charge in [-0.3, -0.25) is 9.59 Å². The van der Waals surface area contributed by atoms with E-state index in [-0.39, 0.29) is 23.1 Å². The summed E-state index contributed by atoms with van der Waals surface area (Å²) in [6, 6.07) is 9.01. The Morgan fingerprint density at radius 3 is 2.45 bits per heavy atom. The summed E-state index contributed by atoms with van der Waals surface area (Å²) in [5, 5.41) is 0. The Balaban J connectivity index is 2.11. The molecule has 1 aliphatic rings. The van der Waals surface area contributed by atoms with Crippen LogP contribution in [0, 0.1) is 5.41 Å². The van der Waals surface area contributed by atoms with Crippen LogP contribution in [0.5, 0.6) is 0 Å². The summed E-state index contributed by atoms with van der Waals surface area (Å²) < 4.78 is 0. The molecule has 0 aliphatic carbocycles. The van der Waals surface area contributed by atoms with E-state index in [1.807, 2.05) is 30.3 Å². The Hall–Kier alpha value is -1.64. The van der Waals surface area contributed by atoms with Crippen molar-refractivity contribution < 1.29 is 9.59 Å². The number of amides is 1. The first-order valence-corrected chi connectivity index (χ1v) is 7.27. The molecule has 0 spiro atoms. The summed E-state index contributed by atoms with van der Waals surface area (Å²) in [4.78, 5) is 26.7. The Morgan fingerprint density at radius 1 is 1.20 bits per heavy atom. The average molecular weight is 273 g/mol. The van der Waals surface area contributed by atoms with Gasteiger partial charge in [-0.25, -0.2) is 0 Å². The lowest BCUT2D eigenvalue weighted by molar-refractivity contribution is -0.133. The van der Waals surface area contributed by atoms with Crippen LogP contribution in [0.15, 0.2) is 30.3 Å². The minimum absolute atomic E-state index is 0.0416. The standard InChI is InChI=1S/C17H23NO2/c1-17(2,3)12-15(19)18-11-7-10-14(18)16(20)13-8-5-4-6-9-13/h4-6,8-9,14H,7,10-12H2,1-3H3. The fraction of sp³-hybridized carbons (Fsp3) is 0.529. The molecule has 0 saturated carbocycles. The van der Waals surface area contributed by atoms with Gasteiger partial charge >= 0.3 is 0 Å². The highest BCUT2D eigenvalue weighted by Gasteiger charge is 2.35. The van der Waals surface area contributed by atoms with Crippen LogP contribution in [-0.4, -0.2) is 29.2 Å². The van der Waals surface area contributed by atoms with Gasteiger partial charge in [0.25, 0.3) is 0 Å². The zero-order valence-electron chi connectivity index (χ0n) is 12.6. The maximum atomic E-state index is 12.5. The first kappa shape index (κ1) is 14.8. The van der Waals surface area contributed by atoms with E-state index in [1.165, 1.54) is 0 Å². The third-order valence-corrected chi connectivity index (χ3v) is 3.62. The van der Waals surface area contributed by atoms with Crippen LogP contribution < -0.4 is 0 Å². The zero-order valence-corrected chi connectivity index (χ0v) is 12.6. The van der Waals surface area contributed by atoms with E-state index in [9.17, 15) is 9.59 Å². The summed E-state index contributed by atoms with van der Waals surface area (Å²) in [5.41, 5.74) is 0.660. The molecular formula is C17H23NO2. The summed E-state index contributed by atoms with van der Waals surface area (Å²) in [6.45, 7) is 6.86. The van der Waals surface area contributed by atoms with Crippen LogP contribution in [0.4, 0.5) is 0 Å². The highest BCUT2D eigenvalue weighted by Crippen LogP contribution is 2.26. The van der Waals surface area contributed by atoms with Crippen molar-refractivity contribution in [3.63, 3.8) is 0 Å². The maximum absolute atomic E-state index is 12.5. The summed E-state index contributed by atoms with van der Waals surface area (Å²) in [5.74, 6) is 0.176. The van der Waals surface area contributed by atoms with Gasteiger partial charge in [0, 0.05) is 18.5 Å². The highest BCUT2D eigenvalue weighted by atomic mass is 16.2. The lowest BCUT2D eigenvalue weighted by Crippen LogP contribution is -2.41. The third-order valence-electron chi connectivity index (χ3n) is 3.62. The largest absolute Gasteiger partial charge is 0.332 e. The van der Waals surface area contributed by atoms with Crippen molar-refractivity contribution in [1.82, 2.24) is 4.90 Å². The van der Waals surface area contributed by atoms with Crippen molar-refractivity contribution >= 4 is 11.7 Å². The van der Waals surface area contributed by atoms with Crippen LogP contribution in [0.3, 0.4) is 0 Å². The van der Waals surface area contributed by atoms with Crippen molar-refractivity contribution in [1.29, 1.82) is 0 Å². The molecule has 3 heteroatoms. The Kier molecular flexibility index (Phi) is 4.26. The monoisotopic (exact) mass is 273 g/mol. The number of Topliss-reactive ketones (excluding diaryl/α,β-unsaturated/α-hetero) is 1. The van der Waals surface area contributed by atoms with E-state index >= 15 is 0 Å². The summed E-state index contributed by atoms with van der Waals surface area (Å²) >= 11 is 0. The third kappa shape index (κ3) is 3.47. The molecule has 2 rings (SSSR count). The second kappa shape index (κ2) is 5.78. The molecule has 1 amide bonds. The molecule has 20 heavy (non-hydrogen) atoms. The van der Waals surface area contributed by atoms with Crippen LogP contribution in [0.25, 0.3) is 0 Å². The molecule has 1 heterocycles. The highest BCUT2D eigenvalue weighted by molar-refractivity contribution is 6.02. The Labute approximate surface area is 121 Å². The molecular weight excluding hydrogens is 250 g/mol. The van der Waals surface area contributed by atoms with Gasteiger partial charge in [-0.2, -0.15) is 0 Å². The summed E-state index contributed by atoms with van der Waals surface area (Å²) in [7, 11) is 0. The molecule has 0 radical (unpaired) electrons. The lowest BCUT2D eigenvalue weighted by Gasteiger charge is -2.27. The number of nitrogens with zero attached hydrogens (tertiary/aromatic N) is 1. The van der Waals surface area contributed by atoms with Gasteiger partial charge in [0.15, 0.2) is 5.78 Å². The molecule has 108 valence electrons. The predicted octanol–water partition coefficient (Wildman–Crippen LogP) is 3.30. The van der Waals surface area contributed by atoms with Crippen LogP contribution in [0.1, 0.15) is 50.4 Å². The number of carbonyl (C=O) groups is 2. The molecule has 1 fully saturated rings. The van der Waals surface area contributed by atoms with Crippen molar-refractivity contribution in [2.24, 2.45) is 5.41 Å². The number of hydrogen-bond donors (Lipinski definition) is 0. The van der Waals surface area contributed by atoms with E-state index in [2.05, 4.69) is 20.8 Å². The van der Waals surface area contributed by atoms with E-state index in [0.29, 0.717) is 18.5 Å². The number of hydrogen-bond acceptors (Lipinski definition) is 2. The molecule has 1 aliphatic heterocycles. The molecule has 0 aromatic heterocycles. The van der Waals surface area contributed by atoms with Gasteiger partial charge < -0.3 is 4.90 Å². The number of benzene rings is 1. The van der Waals surface area contributed by atoms with Crippen LogP contribution in [-0.2, 0) is 4.79 Å². The van der Waals surface area contributed by atoms with Gasteiger partial charge in [0.2, 0.25) is 5.91 Å². The number of rotatable bonds is 3. The molecule has 1 aromatic rings. The van der Waals surface area contributed by atoms with Crippen molar-refractivity contribution in [2.75, 3.05) is 6.54 Å². The quantitative estimate of drug-likeness (QED) is 0.792. The lowest BCUT2D eigenvalue weighted by atomic mass is 9.91. The first-order chi connectivity index (χ1) is 9.38. The molecule has 1 atom stereocenters. The molecule has 3 nitrogen and oxygen atoms in total. The van der Waals surface area contributed by atoms with Crippen molar-refractivity contribution in [3.05, 3.63) is 35.9 Å². The molecule has 1 aromatic carbocycles. The van der Waals surface area contributed by atoms with Crippen molar-refractivity contribution in [3.8, 4) is 0 Å². The van der Waals surface area contributed by atoms with E-state index in [1.54, 1.807) is 4.90 Å². The maximum Gasteiger partial charge on any atom is 0.223 e. The minimum Gasteiger partial charge on any atom is -0.332 e. The van der Waals surface area contributed by atoms with E-state index in [0.717, 1.165) is 12.8 Å². The smallest absolute Gasteiger partial charge is 0.223 e. The van der Waals surface area contributed by atoms with Gasteiger partial charge in [0.1, 0.15) is 0 Å². The minimum atomic E-state index is -0.271. The van der Waals surface area contributed by atoms with Gasteiger partial charge in [-0.05, 0) is 18.3 Å². The van der Waals surface area contributed by atoms with Crippen molar-refractivity contribution in [2.45, 2.75) is 46.1 Å².